The topological polar surface area (TPSA) is 143 Å². The lowest BCUT2D eigenvalue weighted by Gasteiger charge is -2.37. The average Bonchev–Trinajstić information content (AvgIpc) is 3.64. The molecule has 10 nitrogen and oxygen atoms in total. The quantitative estimate of drug-likeness (QED) is 0.144. The lowest BCUT2D eigenvalue weighted by atomic mass is 9.74. The number of nitro benzene ring substituents is 1. The van der Waals surface area contributed by atoms with Crippen molar-refractivity contribution in [1.82, 2.24) is 4.90 Å². The SMILES string of the molecule is Cc1ccc(C(=O)C2C(c3cccc([N+](=O)[O-])c3)N(C(=O)Nc3ccccc3)C(C)(C(=O)O)C2c2sccc2C)o1. The fraction of sp³-hybridized carbons (Fsp3) is 0.233. The normalized spacial score (nSPS) is 21.9. The first kappa shape index (κ1) is 27.8. The molecule has 0 saturated carbocycles. The van der Waals surface area contributed by atoms with Crippen molar-refractivity contribution in [1.29, 1.82) is 0 Å². The molecular formula is C30H27N3O7S. The third-order valence-electron chi connectivity index (χ3n) is 7.65. The Balaban J connectivity index is 1.80. The molecule has 3 heterocycles. The van der Waals surface area contributed by atoms with Gasteiger partial charge >= 0.3 is 12.0 Å². The maximum atomic E-state index is 14.3. The van der Waals surface area contributed by atoms with Crippen molar-refractivity contribution >= 4 is 40.5 Å². The monoisotopic (exact) mass is 573 g/mol. The van der Waals surface area contributed by atoms with E-state index in [1.54, 1.807) is 54.8 Å². The van der Waals surface area contributed by atoms with E-state index in [2.05, 4.69) is 5.32 Å². The number of anilines is 1. The predicted octanol–water partition coefficient (Wildman–Crippen LogP) is 6.58. The minimum absolute atomic E-state index is 0.0141. The summed E-state index contributed by atoms with van der Waals surface area (Å²) >= 11 is 1.30. The summed E-state index contributed by atoms with van der Waals surface area (Å²) in [5.41, 5.74) is -0.745. The molecule has 0 spiro atoms. The summed E-state index contributed by atoms with van der Waals surface area (Å²) in [6.07, 6.45) is 0. The van der Waals surface area contributed by atoms with Gasteiger partial charge in [-0.25, -0.2) is 9.59 Å². The number of Topliss-reactive ketones (excluding diaryl/α,β-unsaturated/α-hetero) is 1. The molecule has 0 radical (unpaired) electrons. The number of urea groups is 1. The van der Waals surface area contributed by atoms with Crippen LogP contribution >= 0.6 is 11.3 Å². The number of amides is 2. The Morgan fingerprint density at radius 2 is 1.78 bits per heavy atom. The number of aryl methyl sites for hydroxylation is 2. The zero-order valence-electron chi connectivity index (χ0n) is 22.4. The average molecular weight is 574 g/mol. The largest absolute Gasteiger partial charge is 0.479 e. The van der Waals surface area contributed by atoms with E-state index in [0.717, 1.165) is 10.5 Å². The number of carbonyl (C=O) groups is 3. The molecule has 2 amide bonds. The molecule has 1 fully saturated rings. The predicted molar refractivity (Wildman–Crippen MR) is 152 cm³/mol. The second kappa shape index (κ2) is 10.7. The number of aliphatic carboxylic acids is 1. The van der Waals surface area contributed by atoms with Gasteiger partial charge in [-0.1, -0.05) is 30.3 Å². The number of nitro groups is 1. The number of hydrogen-bond acceptors (Lipinski definition) is 7. The smallest absolute Gasteiger partial charge is 0.330 e. The van der Waals surface area contributed by atoms with Crippen molar-refractivity contribution in [2.75, 3.05) is 5.32 Å². The van der Waals surface area contributed by atoms with Gasteiger partial charge < -0.3 is 14.8 Å². The number of carboxylic acids is 1. The van der Waals surface area contributed by atoms with E-state index in [9.17, 15) is 29.6 Å². The van der Waals surface area contributed by atoms with Crippen LogP contribution in [0.25, 0.3) is 0 Å². The lowest BCUT2D eigenvalue weighted by Crippen LogP contribution is -2.55. The minimum atomic E-state index is -1.94. The summed E-state index contributed by atoms with van der Waals surface area (Å²) in [6, 6.07) is 17.2. The third kappa shape index (κ3) is 4.78. The zero-order chi connectivity index (χ0) is 29.5. The van der Waals surface area contributed by atoms with Gasteiger partial charge in [-0.3, -0.25) is 19.8 Å². The van der Waals surface area contributed by atoms with Crippen LogP contribution in [0.5, 0.6) is 0 Å². The Morgan fingerprint density at radius 3 is 2.37 bits per heavy atom. The van der Waals surface area contributed by atoms with E-state index < -0.39 is 46.1 Å². The molecule has 2 N–H and O–H groups in total. The maximum absolute atomic E-state index is 14.3. The minimum Gasteiger partial charge on any atom is -0.479 e. The summed E-state index contributed by atoms with van der Waals surface area (Å²) in [4.78, 5) is 54.7. The standard InChI is InChI=1S/C30H27N3O7S/c1-17-14-15-41-27(17)24-23(26(34)22-13-12-18(2)40-22)25(19-8-7-11-21(16-19)33(38)39)32(30(24,3)28(35)36)29(37)31-20-9-5-4-6-10-20/h4-16,23-25H,1-3H3,(H,31,37)(H,35,36). The van der Waals surface area contributed by atoms with Crippen LogP contribution in [-0.4, -0.2) is 38.3 Å². The van der Waals surface area contributed by atoms with Crippen molar-refractivity contribution in [3.63, 3.8) is 0 Å². The van der Waals surface area contributed by atoms with Gasteiger partial charge in [0, 0.05) is 28.6 Å². The van der Waals surface area contributed by atoms with Gasteiger partial charge in [-0.05, 0) is 67.6 Å². The van der Waals surface area contributed by atoms with E-state index in [0.29, 0.717) is 16.3 Å². The number of nitrogens with one attached hydrogen (secondary N) is 1. The Morgan fingerprint density at radius 1 is 1.05 bits per heavy atom. The highest BCUT2D eigenvalue weighted by Gasteiger charge is 2.66. The van der Waals surface area contributed by atoms with Crippen LogP contribution in [0.3, 0.4) is 0 Å². The highest BCUT2D eigenvalue weighted by atomic mass is 32.1. The molecule has 4 unspecified atom stereocenters. The molecule has 2 aromatic heterocycles. The molecule has 5 rings (SSSR count). The Bertz CT molecular complexity index is 1650. The second-order valence-corrected chi connectivity index (χ2v) is 11.1. The summed E-state index contributed by atoms with van der Waals surface area (Å²) < 4.78 is 5.70. The van der Waals surface area contributed by atoms with Gasteiger partial charge in [0.2, 0.25) is 5.78 Å². The Hall–Kier alpha value is -4.77. The molecule has 41 heavy (non-hydrogen) atoms. The molecule has 1 aliphatic rings. The van der Waals surface area contributed by atoms with E-state index in [4.69, 9.17) is 4.42 Å². The number of carboxylic acid groups (broad SMARTS) is 1. The second-order valence-electron chi connectivity index (χ2n) is 10.2. The Kier molecular flexibility index (Phi) is 7.22. The number of non-ortho nitro benzene ring substituents is 1. The Labute approximate surface area is 239 Å². The number of carbonyl (C=O) groups excluding carboxylic acids is 2. The van der Waals surface area contributed by atoms with Crippen molar-refractivity contribution in [3.05, 3.63) is 116 Å². The zero-order valence-corrected chi connectivity index (χ0v) is 23.3. The molecule has 11 heteroatoms. The molecule has 4 atom stereocenters. The molecule has 0 bridgehead atoms. The summed E-state index contributed by atoms with van der Waals surface area (Å²) in [7, 11) is 0. The fourth-order valence-corrected chi connectivity index (χ4v) is 6.93. The first-order valence-electron chi connectivity index (χ1n) is 12.8. The summed E-state index contributed by atoms with van der Waals surface area (Å²) in [5, 5.41) is 27.2. The molecular weight excluding hydrogens is 546 g/mol. The first-order valence-corrected chi connectivity index (χ1v) is 13.7. The van der Waals surface area contributed by atoms with Crippen LogP contribution in [0.15, 0.2) is 82.6 Å². The van der Waals surface area contributed by atoms with Gasteiger partial charge in [0.15, 0.2) is 5.76 Å². The number of rotatable bonds is 7. The number of thiophene rings is 1. The van der Waals surface area contributed by atoms with Crippen LogP contribution in [0.1, 0.15) is 51.2 Å². The lowest BCUT2D eigenvalue weighted by molar-refractivity contribution is -0.385. The van der Waals surface area contributed by atoms with Gasteiger partial charge in [-0.2, -0.15) is 0 Å². The molecule has 1 saturated heterocycles. The third-order valence-corrected chi connectivity index (χ3v) is 8.76. The van der Waals surface area contributed by atoms with Gasteiger partial charge in [0.05, 0.1) is 16.9 Å². The van der Waals surface area contributed by atoms with E-state index in [1.807, 2.05) is 13.0 Å². The van der Waals surface area contributed by atoms with Crippen LogP contribution in [0, 0.1) is 29.9 Å². The van der Waals surface area contributed by atoms with E-state index in [1.165, 1.54) is 42.5 Å². The van der Waals surface area contributed by atoms with Crippen molar-refractivity contribution in [2.45, 2.75) is 38.3 Å². The number of ketones is 1. The number of hydrogen-bond donors (Lipinski definition) is 2. The number of furan rings is 1. The number of para-hydroxylation sites is 1. The van der Waals surface area contributed by atoms with Crippen molar-refractivity contribution < 1.29 is 28.8 Å². The summed E-state index contributed by atoms with van der Waals surface area (Å²) in [6.45, 7) is 4.93. The highest BCUT2D eigenvalue weighted by Crippen LogP contribution is 2.58. The number of nitrogens with zero attached hydrogens (tertiary/aromatic N) is 2. The highest BCUT2D eigenvalue weighted by molar-refractivity contribution is 7.10. The van der Waals surface area contributed by atoms with E-state index >= 15 is 0 Å². The maximum Gasteiger partial charge on any atom is 0.330 e. The van der Waals surface area contributed by atoms with Crippen LogP contribution in [0.4, 0.5) is 16.2 Å². The van der Waals surface area contributed by atoms with Crippen LogP contribution in [-0.2, 0) is 4.79 Å². The van der Waals surface area contributed by atoms with Crippen molar-refractivity contribution in [2.24, 2.45) is 5.92 Å². The van der Waals surface area contributed by atoms with Crippen LogP contribution in [0.2, 0.25) is 0 Å². The van der Waals surface area contributed by atoms with Crippen LogP contribution < -0.4 is 5.32 Å². The van der Waals surface area contributed by atoms with Gasteiger partial charge in [0.25, 0.3) is 5.69 Å². The van der Waals surface area contributed by atoms with E-state index in [-0.39, 0.29) is 17.0 Å². The van der Waals surface area contributed by atoms with Crippen molar-refractivity contribution in [3.8, 4) is 0 Å². The molecule has 2 aromatic carbocycles. The van der Waals surface area contributed by atoms with Gasteiger partial charge in [0.1, 0.15) is 11.3 Å². The molecule has 4 aromatic rings. The molecule has 0 aliphatic carbocycles. The fourth-order valence-electron chi connectivity index (χ4n) is 5.74. The summed E-state index contributed by atoms with van der Waals surface area (Å²) in [5.74, 6) is -3.48. The number of likely N-dealkylation sites (tertiary alicyclic amines) is 1. The molecule has 210 valence electrons. The first-order chi connectivity index (χ1) is 19.5. The molecule has 1 aliphatic heterocycles. The number of benzene rings is 2. The van der Waals surface area contributed by atoms with Gasteiger partial charge in [-0.15, -0.1) is 11.3 Å².